The molecule has 0 saturated carbocycles. The van der Waals surface area contributed by atoms with E-state index in [0.29, 0.717) is 24.4 Å². The lowest BCUT2D eigenvalue weighted by molar-refractivity contribution is -0.185. The van der Waals surface area contributed by atoms with Crippen LogP contribution in [0.5, 0.6) is 0 Å². The van der Waals surface area contributed by atoms with Crippen LogP contribution in [0, 0.1) is 17.8 Å². The van der Waals surface area contributed by atoms with Crippen molar-refractivity contribution in [2.75, 3.05) is 6.61 Å². The average molecular weight is 186 g/mol. The van der Waals surface area contributed by atoms with E-state index in [4.69, 9.17) is 9.47 Å². The predicted octanol–water partition coefficient (Wildman–Crippen LogP) is 1.01. The van der Waals surface area contributed by atoms with E-state index in [1.165, 1.54) is 0 Å². The molecule has 2 fully saturated rings. The Morgan fingerprint density at radius 2 is 2.08 bits per heavy atom. The van der Waals surface area contributed by atoms with Gasteiger partial charge in [-0.3, -0.25) is 0 Å². The minimum Gasteiger partial charge on any atom is -0.390 e. The molecule has 2 rings (SSSR count). The van der Waals surface area contributed by atoms with E-state index in [-0.39, 0.29) is 18.5 Å². The van der Waals surface area contributed by atoms with Crippen LogP contribution in [0.4, 0.5) is 0 Å². The molecule has 2 bridgehead atoms. The van der Waals surface area contributed by atoms with Crippen molar-refractivity contribution in [3.05, 3.63) is 0 Å². The monoisotopic (exact) mass is 186 g/mol. The maximum Gasteiger partial charge on any atom is 0.161 e. The third-order valence-corrected chi connectivity index (χ3v) is 3.32. The summed E-state index contributed by atoms with van der Waals surface area (Å²) < 4.78 is 11.0. The van der Waals surface area contributed by atoms with E-state index in [1.54, 1.807) is 0 Å². The van der Waals surface area contributed by atoms with Gasteiger partial charge in [0.05, 0.1) is 12.7 Å². The summed E-state index contributed by atoms with van der Waals surface area (Å²) in [7, 11) is 0. The van der Waals surface area contributed by atoms with Crippen LogP contribution < -0.4 is 0 Å². The molecule has 0 amide bonds. The lowest BCUT2D eigenvalue weighted by atomic mass is 9.77. The number of aliphatic hydroxyl groups excluding tert-OH is 1. The van der Waals surface area contributed by atoms with Gasteiger partial charge in [-0.25, -0.2) is 0 Å². The number of fused-ring (bicyclic) bond motifs is 2. The fourth-order valence-corrected chi connectivity index (χ4v) is 2.64. The van der Waals surface area contributed by atoms with E-state index < -0.39 is 0 Å². The number of ether oxygens (including phenoxy) is 2. The SMILES string of the molecule is CC(C)[C@@H]1[C@H](C)[C@H]2OC[C@H](O2)[C@H]1O. The van der Waals surface area contributed by atoms with E-state index in [0.717, 1.165) is 0 Å². The molecule has 2 heterocycles. The zero-order valence-corrected chi connectivity index (χ0v) is 8.43. The van der Waals surface area contributed by atoms with Gasteiger partial charge < -0.3 is 14.6 Å². The highest BCUT2D eigenvalue weighted by Crippen LogP contribution is 2.39. The molecular formula is C10H18O3. The molecule has 5 atom stereocenters. The highest BCUT2D eigenvalue weighted by Gasteiger charge is 2.48. The molecule has 0 unspecified atom stereocenters. The fourth-order valence-electron chi connectivity index (χ4n) is 2.64. The second-order valence-corrected chi connectivity index (χ2v) is 4.55. The Labute approximate surface area is 79.0 Å². The van der Waals surface area contributed by atoms with Crippen molar-refractivity contribution < 1.29 is 14.6 Å². The highest BCUT2D eigenvalue weighted by molar-refractivity contribution is 4.91. The fraction of sp³-hybridized carbons (Fsp3) is 1.00. The van der Waals surface area contributed by atoms with Gasteiger partial charge in [0.25, 0.3) is 0 Å². The van der Waals surface area contributed by atoms with Crippen LogP contribution in [-0.2, 0) is 9.47 Å². The second kappa shape index (κ2) is 3.23. The third kappa shape index (κ3) is 1.39. The van der Waals surface area contributed by atoms with Crippen molar-refractivity contribution in [2.45, 2.75) is 39.3 Å². The van der Waals surface area contributed by atoms with Gasteiger partial charge in [0.1, 0.15) is 6.10 Å². The van der Waals surface area contributed by atoms with Gasteiger partial charge in [0.2, 0.25) is 0 Å². The Morgan fingerprint density at radius 1 is 1.38 bits per heavy atom. The largest absolute Gasteiger partial charge is 0.390 e. The normalized spacial score (nSPS) is 50.1. The number of hydrogen-bond donors (Lipinski definition) is 1. The van der Waals surface area contributed by atoms with Crippen LogP contribution in [0.1, 0.15) is 20.8 Å². The molecule has 3 nitrogen and oxygen atoms in total. The molecule has 2 aliphatic rings. The molecule has 0 radical (unpaired) electrons. The van der Waals surface area contributed by atoms with Crippen molar-refractivity contribution in [1.82, 2.24) is 0 Å². The lowest BCUT2D eigenvalue weighted by Crippen LogP contribution is -2.47. The Bertz CT molecular complexity index is 177. The Morgan fingerprint density at radius 3 is 2.69 bits per heavy atom. The topological polar surface area (TPSA) is 38.7 Å². The molecule has 76 valence electrons. The summed E-state index contributed by atoms with van der Waals surface area (Å²) in [5.41, 5.74) is 0. The smallest absolute Gasteiger partial charge is 0.161 e. The molecule has 13 heavy (non-hydrogen) atoms. The highest BCUT2D eigenvalue weighted by atomic mass is 16.7. The van der Waals surface area contributed by atoms with Gasteiger partial charge in [0.15, 0.2) is 6.29 Å². The van der Waals surface area contributed by atoms with Crippen molar-refractivity contribution >= 4 is 0 Å². The number of hydrogen-bond acceptors (Lipinski definition) is 3. The number of rotatable bonds is 1. The molecule has 2 saturated heterocycles. The Kier molecular flexibility index (Phi) is 2.34. The average Bonchev–Trinajstić information content (AvgIpc) is 2.46. The molecule has 0 spiro atoms. The summed E-state index contributed by atoms with van der Waals surface area (Å²) in [6.45, 7) is 6.95. The van der Waals surface area contributed by atoms with Gasteiger partial charge in [0, 0.05) is 5.92 Å². The summed E-state index contributed by atoms with van der Waals surface area (Å²) in [4.78, 5) is 0. The first-order valence-corrected chi connectivity index (χ1v) is 5.06. The summed E-state index contributed by atoms with van der Waals surface area (Å²) in [5, 5.41) is 9.99. The van der Waals surface area contributed by atoms with E-state index >= 15 is 0 Å². The molecule has 1 N–H and O–H groups in total. The summed E-state index contributed by atoms with van der Waals surface area (Å²) >= 11 is 0. The van der Waals surface area contributed by atoms with Crippen LogP contribution in [-0.4, -0.2) is 30.2 Å². The first-order chi connectivity index (χ1) is 6.11. The quantitative estimate of drug-likeness (QED) is 0.664. The maximum absolute atomic E-state index is 9.99. The van der Waals surface area contributed by atoms with Crippen LogP contribution in [0.15, 0.2) is 0 Å². The molecule has 0 aliphatic carbocycles. The maximum atomic E-state index is 9.99. The van der Waals surface area contributed by atoms with Crippen molar-refractivity contribution in [3.63, 3.8) is 0 Å². The van der Waals surface area contributed by atoms with Crippen LogP contribution >= 0.6 is 0 Å². The Balaban J connectivity index is 2.17. The van der Waals surface area contributed by atoms with Gasteiger partial charge >= 0.3 is 0 Å². The van der Waals surface area contributed by atoms with Gasteiger partial charge in [-0.1, -0.05) is 20.8 Å². The molecule has 0 aromatic heterocycles. The standard InChI is InChI=1S/C10H18O3/c1-5(2)8-6(3)10-12-4-7(13-10)9(8)11/h5-11H,4H2,1-3H3/t6-,7-,8+,9+,10-/m0/s1. The van der Waals surface area contributed by atoms with Crippen molar-refractivity contribution in [3.8, 4) is 0 Å². The minimum absolute atomic E-state index is 0.0826. The van der Waals surface area contributed by atoms with Crippen LogP contribution in [0.25, 0.3) is 0 Å². The second-order valence-electron chi connectivity index (χ2n) is 4.55. The summed E-state index contributed by atoms with van der Waals surface area (Å²) in [5.74, 6) is 1.10. The minimum atomic E-state index is -0.353. The summed E-state index contributed by atoms with van der Waals surface area (Å²) in [6.07, 6.45) is -0.525. The molecule has 3 heteroatoms. The van der Waals surface area contributed by atoms with E-state index in [2.05, 4.69) is 20.8 Å². The molecular weight excluding hydrogens is 168 g/mol. The van der Waals surface area contributed by atoms with Crippen molar-refractivity contribution in [1.29, 1.82) is 0 Å². The zero-order valence-electron chi connectivity index (χ0n) is 8.43. The van der Waals surface area contributed by atoms with Crippen LogP contribution in [0.3, 0.4) is 0 Å². The zero-order chi connectivity index (χ0) is 9.59. The Hall–Kier alpha value is -0.120. The molecule has 0 aromatic carbocycles. The first-order valence-electron chi connectivity index (χ1n) is 5.06. The van der Waals surface area contributed by atoms with Crippen LogP contribution in [0.2, 0.25) is 0 Å². The van der Waals surface area contributed by atoms with E-state index in [1.807, 2.05) is 0 Å². The first kappa shape index (κ1) is 9.44. The third-order valence-electron chi connectivity index (χ3n) is 3.32. The summed E-state index contributed by atoms with van der Waals surface area (Å²) in [6, 6.07) is 0. The van der Waals surface area contributed by atoms with Gasteiger partial charge in [-0.15, -0.1) is 0 Å². The lowest BCUT2D eigenvalue weighted by Gasteiger charge is -2.39. The predicted molar refractivity (Wildman–Crippen MR) is 48.1 cm³/mol. The number of aliphatic hydroxyl groups is 1. The molecule has 2 aliphatic heterocycles. The van der Waals surface area contributed by atoms with Crippen molar-refractivity contribution in [2.24, 2.45) is 17.8 Å². The molecule has 0 aromatic rings. The van der Waals surface area contributed by atoms with Gasteiger partial charge in [-0.05, 0) is 11.8 Å². The van der Waals surface area contributed by atoms with E-state index in [9.17, 15) is 5.11 Å². The van der Waals surface area contributed by atoms with Gasteiger partial charge in [-0.2, -0.15) is 0 Å².